The summed E-state index contributed by atoms with van der Waals surface area (Å²) >= 11 is 0. The summed E-state index contributed by atoms with van der Waals surface area (Å²) in [5.41, 5.74) is 0. The van der Waals surface area contributed by atoms with Crippen LogP contribution in [-0.4, -0.2) is 56.3 Å². The monoisotopic (exact) mass is 342 g/mol. The summed E-state index contributed by atoms with van der Waals surface area (Å²) in [5, 5.41) is 0. The molecule has 0 bridgehead atoms. The Balaban J connectivity index is 2.96. The molecule has 0 saturated heterocycles. The van der Waals surface area contributed by atoms with E-state index in [1.165, 1.54) is 16.4 Å². The molecule has 0 aliphatic heterocycles. The van der Waals surface area contributed by atoms with Gasteiger partial charge in [0.2, 0.25) is 15.9 Å². The van der Waals surface area contributed by atoms with E-state index in [1.54, 1.807) is 24.0 Å². The molecule has 0 saturated carbocycles. The normalized spacial score (nSPS) is 11.5. The maximum atomic E-state index is 12.7. The number of hydrogen-bond acceptors (Lipinski definition) is 4. The molecule has 0 radical (unpaired) electrons. The minimum Gasteiger partial charge on any atom is -0.494 e. The first kappa shape index (κ1) is 19.4. The fraction of sp³-hybridized carbons (Fsp3) is 0.562. The van der Waals surface area contributed by atoms with Gasteiger partial charge in [0.05, 0.1) is 18.0 Å². The van der Waals surface area contributed by atoms with Crippen LogP contribution >= 0.6 is 0 Å². The van der Waals surface area contributed by atoms with E-state index < -0.39 is 10.0 Å². The van der Waals surface area contributed by atoms with Crippen molar-refractivity contribution in [2.24, 2.45) is 0 Å². The van der Waals surface area contributed by atoms with Crippen molar-refractivity contribution in [3.05, 3.63) is 24.3 Å². The molecule has 0 aromatic heterocycles. The topological polar surface area (TPSA) is 66.9 Å². The zero-order valence-corrected chi connectivity index (χ0v) is 15.1. The Hall–Kier alpha value is -1.60. The molecule has 6 nitrogen and oxygen atoms in total. The van der Waals surface area contributed by atoms with E-state index in [-0.39, 0.29) is 23.9 Å². The van der Waals surface area contributed by atoms with Crippen molar-refractivity contribution in [2.45, 2.75) is 32.6 Å². The molecule has 1 amide bonds. The predicted octanol–water partition coefficient (Wildman–Crippen LogP) is 1.96. The quantitative estimate of drug-likeness (QED) is 0.688. The Morgan fingerprint density at radius 3 is 2.00 bits per heavy atom. The summed E-state index contributed by atoms with van der Waals surface area (Å²) in [7, 11) is -3.70. The fourth-order valence-electron chi connectivity index (χ4n) is 2.22. The highest BCUT2D eigenvalue weighted by Crippen LogP contribution is 2.19. The van der Waals surface area contributed by atoms with E-state index in [1.807, 2.05) is 20.8 Å². The minimum absolute atomic E-state index is 0.145. The number of carbonyl (C=O) groups excluding carboxylic acids is 1. The minimum atomic E-state index is -3.70. The Labute approximate surface area is 139 Å². The number of hydrogen-bond donors (Lipinski definition) is 0. The van der Waals surface area contributed by atoms with Gasteiger partial charge in [0.15, 0.2) is 0 Å². The van der Waals surface area contributed by atoms with Gasteiger partial charge in [-0.25, -0.2) is 8.42 Å². The molecule has 23 heavy (non-hydrogen) atoms. The highest BCUT2D eigenvalue weighted by atomic mass is 32.2. The second kappa shape index (κ2) is 8.88. The van der Waals surface area contributed by atoms with Gasteiger partial charge in [-0.3, -0.25) is 4.79 Å². The standard InChI is InChI=1S/C16H26N2O4S/c1-5-17(6-2)16(19)13-18(7-3)23(20,21)15-11-9-14(10-12-15)22-8-4/h9-12H,5-8,13H2,1-4H3. The van der Waals surface area contributed by atoms with Crippen LogP contribution in [0.25, 0.3) is 0 Å². The highest BCUT2D eigenvalue weighted by molar-refractivity contribution is 7.89. The lowest BCUT2D eigenvalue weighted by atomic mass is 10.3. The molecule has 7 heteroatoms. The molecule has 1 rings (SSSR count). The lowest BCUT2D eigenvalue weighted by Gasteiger charge is -2.24. The van der Waals surface area contributed by atoms with Crippen LogP contribution in [0.15, 0.2) is 29.2 Å². The SMILES string of the molecule is CCOc1ccc(S(=O)(=O)N(CC)CC(=O)N(CC)CC)cc1. The van der Waals surface area contributed by atoms with E-state index in [0.29, 0.717) is 25.4 Å². The molecule has 0 unspecified atom stereocenters. The van der Waals surface area contributed by atoms with Crippen molar-refractivity contribution >= 4 is 15.9 Å². The summed E-state index contributed by atoms with van der Waals surface area (Å²) in [6.45, 7) is 9.08. The van der Waals surface area contributed by atoms with Gasteiger partial charge < -0.3 is 9.64 Å². The molecule has 1 aromatic rings. The number of rotatable bonds is 9. The van der Waals surface area contributed by atoms with Gasteiger partial charge in [0.25, 0.3) is 0 Å². The number of carbonyl (C=O) groups is 1. The van der Waals surface area contributed by atoms with Gasteiger partial charge in [-0.15, -0.1) is 0 Å². The van der Waals surface area contributed by atoms with E-state index in [2.05, 4.69) is 0 Å². The van der Waals surface area contributed by atoms with Gasteiger partial charge in [0, 0.05) is 19.6 Å². The van der Waals surface area contributed by atoms with Crippen LogP contribution in [0.3, 0.4) is 0 Å². The third-order valence-electron chi connectivity index (χ3n) is 3.55. The summed E-state index contributed by atoms with van der Waals surface area (Å²) in [4.78, 5) is 14.0. The van der Waals surface area contributed by atoms with Gasteiger partial charge in [-0.05, 0) is 45.0 Å². The Bertz CT molecular complexity index is 595. The first-order valence-corrected chi connectivity index (χ1v) is 9.35. The van der Waals surface area contributed by atoms with Crippen molar-refractivity contribution in [3.8, 4) is 5.75 Å². The largest absolute Gasteiger partial charge is 0.494 e. The maximum absolute atomic E-state index is 12.7. The fourth-order valence-corrected chi connectivity index (χ4v) is 3.62. The second-order valence-electron chi connectivity index (χ2n) is 4.90. The van der Waals surface area contributed by atoms with Crippen LogP contribution in [-0.2, 0) is 14.8 Å². The molecular weight excluding hydrogens is 316 g/mol. The third-order valence-corrected chi connectivity index (χ3v) is 5.49. The van der Waals surface area contributed by atoms with Gasteiger partial charge >= 0.3 is 0 Å². The van der Waals surface area contributed by atoms with Crippen LogP contribution in [0.2, 0.25) is 0 Å². The highest BCUT2D eigenvalue weighted by Gasteiger charge is 2.26. The molecule has 0 heterocycles. The number of sulfonamides is 1. The predicted molar refractivity (Wildman–Crippen MR) is 90.0 cm³/mol. The van der Waals surface area contributed by atoms with Gasteiger partial charge in [-0.1, -0.05) is 6.92 Å². The number of nitrogens with zero attached hydrogens (tertiary/aromatic N) is 2. The zero-order chi connectivity index (χ0) is 17.5. The smallest absolute Gasteiger partial charge is 0.243 e. The lowest BCUT2D eigenvalue weighted by molar-refractivity contribution is -0.131. The lowest BCUT2D eigenvalue weighted by Crippen LogP contribution is -2.42. The van der Waals surface area contributed by atoms with Crippen LogP contribution in [0.1, 0.15) is 27.7 Å². The van der Waals surface area contributed by atoms with E-state index in [9.17, 15) is 13.2 Å². The summed E-state index contributed by atoms with van der Waals surface area (Å²) in [5.74, 6) is 0.431. The summed E-state index contributed by atoms with van der Waals surface area (Å²) < 4.78 is 31.9. The maximum Gasteiger partial charge on any atom is 0.243 e. The van der Waals surface area contributed by atoms with Crippen LogP contribution < -0.4 is 4.74 Å². The van der Waals surface area contributed by atoms with E-state index >= 15 is 0 Å². The molecule has 130 valence electrons. The van der Waals surface area contributed by atoms with E-state index in [0.717, 1.165) is 0 Å². The molecule has 1 aromatic carbocycles. The van der Waals surface area contributed by atoms with E-state index in [4.69, 9.17) is 4.74 Å². The van der Waals surface area contributed by atoms with Crippen molar-refractivity contribution < 1.29 is 17.9 Å². The van der Waals surface area contributed by atoms with Crippen LogP contribution in [0.5, 0.6) is 5.75 Å². The van der Waals surface area contributed by atoms with Crippen molar-refractivity contribution in [3.63, 3.8) is 0 Å². The first-order valence-electron chi connectivity index (χ1n) is 7.91. The molecule has 0 aliphatic rings. The first-order chi connectivity index (χ1) is 10.9. The molecule has 0 aliphatic carbocycles. The van der Waals surface area contributed by atoms with Gasteiger partial charge in [0.1, 0.15) is 5.75 Å². The average Bonchev–Trinajstić information content (AvgIpc) is 2.54. The van der Waals surface area contributed by atoms with Gasteiger partial charge in [-0.2, -0.15) is 4.31 Å². The summed E-state index contributed by atoms with van der Waals surface area (Å²) in [6, 6.07) is 6.25. The molecule has 0 N–H and O–H groups in total. The Morgan fingerprint density at radius 1 is 1.00 bits per heavy atom. The summed E-state index contributed by atoms with van der Waals surface area (Å²) in [6.07, 6.45) is 0. The number of likely N-dealkylation sites (N-methyl/N-ethyl adjacent to an activating group) is 2. The second-order valence-corrected chi connectivity index (χ2v) is 6.84. The molecule has 0 spiro atoms. The molecule has 0 fully saturated rings. The Kier molecular flexibility index (Phi) is 7.51. The van der Waals surface area contributed by atoms with Crippen molar-refractivity contribution in [2.75, 3.05) is 32.8 Å². The number of benzene rings is 1. The number of amides is 1. The Morgan fingerprint density at radius 2 is 1.57 bits per heavy atom. The third kappa shape index (κ3) is 4.94. The van der Waals surface area contributed by atoms with Crippen LogP contribution in [0, 0.1) is 0 Å². The average molecular weight is 342 g/mol. The van der Waals surface area contributed by atoms with Crippen LogP contribution in [0.4, 0.5) is 0 Å². The molecular formula is C16H26N2O4S. The zero-order valence-electron chi connectivity index (χ0n) is 14.3. The van der Waals surface area contributed by atoms with Crippen molar-refractivity contribution in [1.82, 2.24) is 9.21 Å². The number of ether oxygens (including phenoxy) is 1. The molecule has 0 atom stereocenters. The van der Waals surface area contributed by atoms with Crippen molar-refractivity contribution in [1.29, 1.82) is 0 Å².